The van der Waals surface area contributed by atoms with Crippen LogP contribution in [0.15, 0.2) is 12.2 Å². The van der Waals surface area contributed by atoms with Gasteiger partial charge in [0.25, 0.3) is 6.47 Å². The Morgan fingerprint density at radius 2 is 2.17 bits per heavy atom. The van der Waals surface area contributed by atoms with Crippen molar-refractivity contribution in [3.63, 3.8) is 0 Å². The van der Waals surface area contributed by atoms with E-state index in [2.05, 4.69) is 13.5 Å². The molecule has 0 saturated heterocycles. The molecule has 4 heteroatoms. The van der Waals surface area contributed by atoms with Crippen molar-refractivity contribution in [3.8, 4) is 0 Å². The number of carboxylic acid groups (broad SMARTS) is 1. The van der Waals surface area contributed by atoms with E-state index >= 15 is 0 Å². The lowest BCUT2D eigenvalue weighted by atomic mass is 9.59. The standard InChI is InChI=1S/C14H20O4/c1-8-3-6-11(14(16)17)12-10(8)5-4-9(2)13(12)18-7-15/h7-8,10-13H,2-6H2,1H3,(H,16,17). The minimum Gasteiger partial charge on any atom is -0.481 e. The lowest BCUT2D eigenvalue weighted by molar-refractivity contribution is -0.156. The molecule has 2 aliphatic carbocycles. The number of carbonyl (C=O) groups is 2. The molecule has 2 rings (SSSR count). The maximum atomic E-state index is 11.4. The molecule has 100 valence electrons. The van der Waals surface area contributed by atoms with Gasteiger partial charge >= 0.3 is 5.97 Å². The molecule has 5 atom stereocenters. The quantitative estimate of drug-likeness (QED) is 0.618. The molecule has 0 heterocycles. The highest BCUT2D eigenvalue weighted by Crippen LogP contribution is 2.48. The molecule has 0 bridgehead atoms. The van der Waals surface area contributed by atoms with Gasteiger partial charge in [-0.1, -0.05) is 13.5 Å². The first-order chi connectivity index (χ1) is 8.56. The number of fused-ring (bicyclic) bond motifs is 1. The molecule has 4 nitrogen and oxygen atoms in total. The summed E-state index contributed by atoms with van der Waals surface area (Å²) in [4.78, 5) is 22.0. The van der Waals surface area contributed by atoms with Crippen molar-refractivity contribution in [2.24, 2.45) is 23.7 Å². The topological polar surface area (TPSA) is 63.6 Å². The molecule has 0 aliphatic heterocycles. The van der Waals surface area contributed by atoms with Crippen LogP contribution in [0.3, 0.4) is 0 Å². The summed E-state index contributed by atoms with van der Waals surface area (Å²) in [6.45, 7) is 6.54. The van der Waals surface area contributed by atoms with Gasteiger partial charge in [-0.2, -0.15) is 0 Å². The highest BCUT2D eigenvalue weighted by molar-refractivity contribution is 5.71. The van der Waals surface area contributed by atoms with Gasteiger partial charge in [-0.05, 0) is 43.1 Å². The number of carbonyl (C=O) groups excluding carboxylic acids is 1. The van der Waals surface area contributed by atoms with E-state index in [4.69, 9.17) is 4.74 Å². The molecule has 0 aromatic rings. The van der Waals surface area contributed by atoms with Crippen molar-refractivity contribution in [2.45, 2.75) is 38.7 Å². The third kappa shape index (κ3) is 2.16. The fraction of sp³-hybridized carbons (Fsp3) is 0.714. The van der Waals surface area contributed by atoms with Crippen molar-refractivity contribution in [2.75, 3.05) is 0 Å². The zero-order valence-electron chi connectivity index (χ0n) is 10.7. The van der Waals surface area contributed by atoms with Crippen LogP contribution in [0.5, 0.6) is 0 Å². The zero-order chi connectivity index (χ0) is 13.3. The Labute approximate surface area is 107 Å². The molecule has 0 amide bonds. The minimum atomic E-state index is -0.772. The van der Waals surface area contributed by atoms with Crippen LogP contribution in [0, 0.1) is 23.7 Å². The van der Waals surface area contributed by atoms with Gasteiger partial charge < -0.3 is 9.84 Å². The molecule has 0 spiro atoms. The molecule has 0 aromatic heterocycles. The molecule has 2 saturated carbocycles. The average Bonchev–Trinajstić information content (AvgIpc) is 2.33. The maximum absolute atomic E-state index is 11.4. The predicted molar refractivity (Wildman–Crippen MR) is 65.8 cm³/mol. The van der Waals surface area contributed by atoms with E-state index in [-0.39, 0.29) is 5.92 Å². The molecule has 0 aromatic carbocycles. The normalized spacial score (nSPS) is 39.8. The highest BCUT2D eigenvalue weighted by Gasteiger charge is 2.48. The first-order valence-corrected chi connectivity index (χ1v) is 6.55. The van der Waals surface area contributed by atoms with E-state index in [0.29, 0.717) is 24.7 Å². The smallest absolute Gasteiger partial charge is 0.306 e. The number of aliphatic carboxylic acids is 1. The number of rotatable bonds is 3. The Balaban J connectivity index is 2.30. The van der Waals surface area contributed by atoms with Gasteiger partial charge in [0.1, 0.15) is 6.10 Å². The van der Waals surface area contributed by atoms with Crippen LogP contribution < -0.4 is 0 Å². The number of hydrogen-bond acceptors (Lipinski definition) is 3. The third-order valence-corrected chi connectivity index (χ3v) is 4.69. The lowest BCUT2D eigenvalue weighted by Crippen LogP contribution is -2.48. The lowest BCUT2D eigenvalue weighted by Gasteiger charge is -2.47. The molecule has 2 aliphatic rings. The Morgan fingerprint density at radius 1 is 1.44 bits per heavy atom. The Bertz CT molecular complexity index is 363. The van der Waals surface area contributed by atoms with Crippen LogP contribution in [-0.2, 0) is 14.3 Å². The summed E-state index contributed by atoms with van der Waals surface area (Å²) >= 11 is 0. The summed E-state index contributed by atoms with van der Waals surface area (Å²) in [7, 11) is 0. The van der Waals surface area contributed by atoms with Gasteiger partial charge in [0.05, 0.1) is 5.92 Å². The zero-order valence-corrected chi connectivity index (χ0v) is 10.7. The van der Waals surface area contributed by atoms with Gasteiger partial charge in [-0.3, -0.25) is 9.59 Å². The monoisotopic (exact) mass is 252 g/mol. The summed E-state index contributed by atoms with van der Waals surface area (Å²) in [5.74, 6) is -0.455. The Morgan fingerprint density at radius 3 is 2.78 bits per heavy atom. The number of hydrogen-bond donors (Lipinski definition) is 1. The third-order valence-electron chi connectivity index (χ3n) is 4.69. The van der Waals surface area contributed by atoms with Gasteiger partial charge in [0, 0.05) is 5.92 Å². The summed E-state index contributed by atoms with van der Waals surface area (Å²) < 4.78 is 5.15. The van der Waals surface area contributed by atoms with Crippen molar-refractivity contribution in [1.82, 2.24) is 0 Å². The summed E-state index contributed by atoms with van der Waals surface area (Å²) in [5.41, 5.74) is 0.865. The van der Waals surface area contributed by atoms with Crippen molar-refractivity contribution >= 4 is 12.4 Å². The first-order valence-electron chi connectivity index (χ1n) is 6.55. The van der Waals surface area contributed by atoms with E-state index in [0.717, 1.165) is 24.8 Å². The van der Waals surface area contributed by atoms with E-state index in [9.17, 15) is 14.7 Å². The van der Waals surface area contributed by atoms with Crippen LogP contribution in [0.25, 0.3) is 0 Å². The molecule has 2 fully saturated rings. The van der Waals surface area contributed by atoms with Crippen LogP contribution in [0.1, 0.15) is 32.6 Å². The Kier molecular flexibility index (Phi) is 3.73. The van der Waals surface area contributed by atoms with Crippen LogP contribution in [0.2, 0.25) is 0 Å². The molecular weight excluding hydrogens is 232 g/mol. The molecule has 0 radical (unpaired) electrons. The van der Waals surface area contributed by atoms with E-state index in [1.807, 2.05) is 0 Å². The SMILES string of the molecule is C=C1CCC2C(C)CCC(C(=O)O)C2C1OC=O. The maximum Gasteiger partial charge on any atom is 0.306 e. The molecule has 1 N–H and O–H groups in total. The van der Waals surface area contributed by atoms with E-state index in [1.54, 1.807) is 0 Å². The predicted octanol–water partition coefficient (Wildman–Crippen LogP) is 2.24. The fourth-order valence-electron chi connectivity index (χ4n) is 3.74. The van der Waals surface area contributed by atoms with E-state index in [1.165, 1.54) is 0 Å². The van der Waals surface area contributed by atoms with Crippen molar-refractivity contribution in [1.29, 1.82) is 0 Å². The number of carboxylic acids is 1. The molecule has 5 unspecified atom stereocenters. The van der Waals surface area contributed by atoms with Crippen molar-refractivity contribution < 1.29 is 19.4 Å². The van der Waals surface area contributed by atoms with Crippen LogP contribution in [0.4, 0.5) is 0 Å². The second-order valence-electron chi connectivity index (χ2n) is 5.59. The summed E-state index contributed by atoms with van der Waals surface area (Å²) in [5, 5.41) is 9.36. The largest absolute Gasteiger partial charge is 0.481 e. The van der Waals surface area contributed by atoms with Gasteiger partial charge in [0.2, 0.25) is 0 Å². The van der Waals surface area contributed by atoms with Gasteiger partial charge in [-0.15, -0.1) is 0 Å². The van der Waals surface area contributed by atoms with Crippen molar-refractivity contribution in [3.05, 3.63) is 12.2 Å². The highest BCUT2D eigenvalue weighted by atomic mass is 16.5. The minimum absolute atomic E-state index is 0.0994. The van der Waals surface area contributed by atoms with E-state index < -0.39 is 18.0 Å². The summed E-state index contributed by atoms with van der Waals surface area (Å²) in [6.07, 6.45) is 3.00. The molecule has 18 heavy (non-hydrogen) atoms. The summed E-state index contributed by atoms with van der Waals surface area (Å²) in [6, 6.07) is 0. The van der Waals surface area contributed by atoms with Gasteiger partial charge in [0.15, 0.2) is 0 Å². The second kappa shape index (κ2) is 5.12. The average molecular weight is 252 g/mol. The Hall–Kier alpha value is -1.32. The molecular formula is C14H20O4. The second-order valence-corrected chi connectivity index (χ2v) is 5.59. The van der Waals surface area contributed by atoms with Crippen LogP contribution in [-0.4, -0.2) is 23.7 Å². The van der Waals surface area contributed by atoms with Crippen LogP contribution >= 0.6 is 0 Å². The fourth-order valence-corrected chi connectivity index (χ4v) is 3.74. The first kappa shape index (κ1) is 13.1. The van der Waals surface area contributed by atoms with Gasteiger partial charge in [-0.25, -0.2) is 0 Å². The number of ether oxygens (including phenoxy) is 1.